The van der Waals surface area contributed by atoms with E-state index in [1.807, 2.05) is 0 Å². The van der Waals surface area contributed by atoms with Gasteiger partial charge in [0.05, 0.1) is 11.1 Å². The van der Waals surface area contributed by atoms with Crippen molar-refractivity contribution in [2.75, 3.05) is 0 Å². The summed E-state index contributed by atoms with van der Waals surface area (Å²) in [6.45, 7) is 0. The fraction of sp³-hybridized carbons (Fsp3) is 0.500. The van der Waals surface area contributed by atoms with Crippen LogP contribution >= 0.6 is 22.9 Å². The van der Waals surface area contributed by atoms with Crippen LogP contribution in [0, 0.1) is 0 Å². The van der Waals surface area contributed by atoms with Gasteiger partial charge in [0.15, 0.2) is 0 Å². The van der Waals surface area contributed by atoms with E-state index in [2.05, 4.69) is 5.48 Å². The molecule has 0 spiro atoms. The molecule has 0 saturated heterocycles. The molecule has 1 aromatic heterocycles. The van der Waals surface area contributed by atoms with Gasteiger partial charge in [-0.05, 0) is 24.3 Å². The quantitative estimate of drug-likeness (QED) is 0.832. The maximum Gasteiger partial charge on any atom is 0.286 e. The molecule has 1 aromatic rings. The van der Waals surface area contributed by atoms with Gasteiger partial charge in [-0.25, -0.2) is 5.48 Å². The largest absolute Gasteiger partial charge is 0.286 e. The van der Waals surface area contributed by atoms with Crippen LogP contribution in [-0.4, -0.2) is 12.0 Å². The Labute approximate surface area is 97.3 Å². The zero-order valence-electron chi connectivity index (χ0n) is 8.16. The lowest BCUT2D eigenvalue weighted by Crippen LogP contribution is -2.27. The van der Waals surface area contributed by atoms with Crippen molar-refractivity contribution >= 4 is 28.8 Å². The molecule has 0 bridgehead atoms. The SMILES string of the molecule is O=C(NOC1CCCC1)c1sccc1Cl. The highest BCUT2D eigenvalue weighted by Gasteiger charge is 2.18. The molecule has 0 atom stereocenters. The molecule has 1 heterocycles. The number of rotatable bonds is 3. The summed E-state index contributed by atoms with van der Waals surface area (Å²) < 4.78 is 0. The van der Waals surface area contributed by atoms with Crippen molar-refractivity contribution in [3.63, 3.8) is 0 Å². The summed E-state index contributed by atoms with van der Waals surface area (Å²) in [6, 6.07) is 1.71. The Morgan fingerprint density at radius 3 is 2.87 bits per heavy atom. The van der Waals surface area contributed by atoms with Gasteiger partial charge in [-0.15, -0.1) is 11.3 Å². The van der Waals surface area contributed by atoms with Gasteiger partial charge in [0, 0.05) is 0 Å². The van der Waals surface area contributed by atoms with Crippen molar-refractivity contribution in [2.45, 2.75) is 31.8 Å². The van der Waals surface area contributed by atoms with E-state index in [0.29, 0.717) is 9.90 Å². The zero-order valence-corrected chi connectivity index (χ0v) is 9.74. The van der Waals surface area contributed by atoms with Crippen molar-refractivity contribution in [2.24, 2.45) is 0 Å². The monoisotopic (exact) mass is 245 g/mol. The average Bonchev–Trinajstić information content (AvgIpc) is 2.84. The Hall–Kier alpha value is -0.580. The number of hydrogen-bond acceptors (Lipinski definition) is 3. The van der Waals surface area contributed by atoms with Crippen LogP contribution in [0.15, 0.2) is 11.4 Å². The molecule has 15 heavy (non-hydrogen) atoms. The number of nitrogens with one attached hydrogen (secondary N) is 1. The van der Waals surface area contributed by atoms with Gasteiger partial charge in [0.2, 0.25) is 0 Å². The van der Waals surface area contributed by atoms with Crippen molar-refractivity contribution in [3.8, 4) is 0 Å². The Morgan fingerprint density at radius 1 is 1.53 bits per heavy atom. The van der Waals surface area contributed by atoms with E-state index in [1.54, 1.807) is 11.4 Å². The van der Waals surface area contributed by atoms with Gasteiger partial charge in [0.1, 0.15) is 4.88 Å². The van der Waals surface area contributed by atoms with E-state index >= 15 is 0 Å². The first-order valence-electron chi connectivity index (χ1n) is 4.96. The maximum absolute atomic E-state index is 11.6. The summed E-state index contributed by atoms with van der Waals surface area (Å²) in [5, 5.41) is 2.26. The van der Waals surface area contributed by atoms with Crippen LogP contribution in [0.5, 0.6) is 0 Å². The standard InChI is InChI=1S/C10H12ClNO2S/c11-8-5-6-15-9(8)10(13)12-14-7-3-1-2-4-7/h5-7H,1-4H2,(H,12,13). The zero-order chi connectivity index (χ0) is 10.7. The Kier molecular flexibility index (Phi) is 3.61. The van der Waals surface area contributed by atoms with Crippen LogP contribution in [0.25, 0.3) is 0 Å². The number of carbonyl (C=O) groups is 1. The molecule has 1 aliphatic rings. The molecule has 3 nitrogen and oxygen atoms in total. The van der Waals surface area contributed by atoms with E-state index in [1.165, 1.54) is 24.2 Å². The lowest BCUT2D eigenvalue weighted by Gasteiger charge is -2.10. The van der Waals surface area contributed by atoms with Crippen molar-refractivity contribution in [1.82, 2.24) is 5.48 Å². The Balaban J connectivity index is 1.84. The number of amides is 1. The average molecular weight is 246 g/mol. The van der Waals surface area contributed by atoms with Crippen LogP contribution in [0.2, 0.25) is 5.02 Å². The van der Waals surface area contributed by atoms with Crippen molar-refractivity contribution in [1.29, 1.82) is 0 Å². The van der Waals surface area contributed by atoms with E-state index in [4.69, 9.17) is 16.4 Å². The van der Waals surface area contributed by atoms with E-state index < -0.39 is 0 Å². The fourth-order valence-corrected chi connectivity index (χ4v) is 2.67. The van der Waals surface area contributed by atoms with Crippen molar-refractivity contribution in [3.05, 3.63) is 21.3 Å². The molecule has 1 fully saturated rings. The molecule has 0 unspecified atom stereocenters. The van der Waals surface area contributed by atoms with E-state index in [9.17, 15) is 4.79 Å². The molecule has 0 radical (unpaired) electrons. The normalized spacial score (nSPS) is 16.9. The predicted octanol–water partition coefficient (Wildman–Crippen LogP) is 3.01. The third-order valence-corrected chi connectivity index (χ3v) is 3.78. The summed E-state index contributed by atoms with van der Waals surface area (Å²) in [5.41, 5.74) is 2.45. The lowest BCUT2D eigenvalue weighted by molar-refractivity contribution is -0.0122. The molecule has 5 heteroatoms. The lowest BCUT2D eigenvalue weighted by atomic mass is 10.3. The molecule has 1 aliphatic carbocycles. The van der Waals surface area contributed by atoms with Crippen molar-refractivity contribution < 1.29 is 9.63 Å². The molecule has 0 aliphatic heterocycles. The number of carbonyl (C=O) groups excluding carboxylic acids is 1. The van der Waals surface area contributed by atoms with E-state index in [-0.39, 0.29) is 12.0 Å². The van der Waals surface area contributed by atoms with Gasteiger partial charge < -0.3 is 0 Å². The second-order valence-electron chi connectivity index (χ2n) is 3.55. The third kappa shape index (κ3) is 2.71. The number of hydrogen-bond donors (Lipinski definition) is 1. The van der Waals surface area contributed by atoms with Gasteiger partial charge in [-0.3, -0.25) is 9.63 Å². The first kappa shape index (κ1) is 10.9. The third-order valence-electron chi connectivity index (χ3n) is 2.44. The van der Waals surface area contributed by atoms with Gasteiger partial charge in [0.25, 0.3) is 5.91 Å². The van der Waals surface area contributed by atoms with E-state index in [0.717, 1.165) is 12.8 Å². The molecule has 82 valence electrons. The molecular formula is C10H12ClNO2S. The highest BCUT2D eigenvalue weighted by Crippen LogP contribution is 2.23. The summed E-state index contributed by atoms with van der Waals surface area (Å²) >= 11 is 7.14. The molecule has 1 amide bonds. The van der Waals surface area contributed by atoms with Gasteiger partial charge in [-0.1, -0.05) is 24.4 Å². The summed E-state index contributed by atoms with van der Waals surface area (Å²) in [4.78, 5) is 17.4. The molecule has 1 saturated carbocycles. The summed E-state index contributed by atoms with van der Waals surface area (Å²) in [5.74, 6) is -0.248. The molecule has 0 aromatic carbocycles. The number of hydroxylamine groups is 1. The second kappa shape index (κ2) is 4.96. The predicted molar refractivity (Wildman–Crippen MR) is 60.1 cm³/mol. The fourth-order valence-electron chi connectivity index (χ4n) is 1.65. The number of thiophene rings is 1. The molecule has 2 rings (SSSR count). The summed E-state index contributed by atoms with van der Waals surface area (Å²) in [6.07, 6.45) is 4.59. The Morgan fingerprint density at radius 2 is 2.27 bits per heavy atom. The topological polar surface area (TPSA) is 38.3 Å². The first-order chi connectivity index (χ1) is 7.27. The van der Waals surface area contributed by atoms with Crippen LogP contribution < -0.4 is 5.48 Å². The minimum atomic E-state index is -0.248. The van der Waals surface area contributed by atoms with Crippen LogP contribution in [0.3, 0.4) is 0 Å². The maximum atomic E-state index is 11.6. The van der Waals surface area contributed by atoms with Gasteiger partial charge in [-0.2, -0.15) is 0 Å². The smallest absolute Gasteiger partial charge is 0.270 e. The first-order valence-corrected chi connectivity index (χ1v) is 6.22. The highest BCUT2D eigenvalue weighted by atomic mass is 35.5. The summed E-state index contributed by atoms with van der Waals surface area (Å²) in [7, 11) is 0. The van der Waals surface area contributed by atoms with Crippen LogP contribution in [-0.2, 0) is 4.84 Å². The number of halogens is 1. The minimum Gasteiger partial charge on any atom is -0.270 e. The molecular weight excluding hydrogens is 234 g/mol. The van der Waals surface area contributed by atoms with Gasteiger partial charge >= 0.3 is 0 Å². The van der Waals surface area contributed by atoms with Crippen LogP contribution in [0.1, 0.15) is 35.4 Å². The minimum absolute atomic E-state index is 0.174. The second-order valence-corrected chi connectivity index (χ2v) is 4.88. The molecule has 1 N–H and O–H groups in total. The Bertz CT molecular complexity index is 347. The highest BCUT2D eigenvalue weighted by molar-refractivity contribution is 7.12. The van der Waals surface area contributed by atoms with Crippen LogP contribution in [0.4, 0.5) is 0 Å².